The monoisotopic (exact) mass is 388 g/mol. The number of urea groups is 1. The molecule has 1 saturated heterocycles. The Morgan fingerprint density at radius 3 is 2.74 bits per heavy atom. The van der Waals surface area contributed by atoms with Gasteiger partial charge in [-0.05, 0) is 25.0 Å². The summed E-state index contributed by atoms with van der Waals surface area (Å²) in [4.78, 5) is 41.9. The molecule has 0 radical (unpaired) electrons. The molecular formula is C19H21ClN4O3. The first-order chi connectivity index (χ1) is 13.0. The number of aryl methyl sites for hydroxylation is 2. The number of carbonyl (C=O) groups is 2. The van der Waals surface area contributed by atoms with Crippen molar-refractivity contribution in [2.45, 2.75) is 57.5 Å². The molecule has 27 heavy (non-hydrogen) atoms. The molecule has 0 bridgehead atoms. The number of hydrogen-bond acceptors (Lipinski definition) is 4. The van der Waals surface area contributed by atoms with Gasteiger partial charge in [-0.25, -0.2) is 9.78 Å². The molecule has 1 aromatic heterocycles. The second kappa shape index (κ2) is 6.64. The Morgan fingerprint density at radius 1 is 1.22 bits per heavy atom. The van der Waals surface area contributed by atoms with Crippen LogP contribution in [-0.2, 0) is 23.3 Å². The van der Waals surface area contributed by atoms with Crippen LogP contribution in [0.2, 0.25) is 5.02 Å². The summed E-state index contributed by atoms with van der Waals surface area (Å²) < 4.78 is 1.67. The molecule has 1 aromatic carbocycles. The van der Waals surface area contributed by atoms with Crippen molar-refractivity contribution in [1.82, 2.24) is 20.2 Å². The molecule has 3 amide bonds. The predicted octanol–water partition coefficient (Wildman–Crippen LogP) is 2.61. The number of nitrogens with zero attached hydrogens (tertiary/aromatic N) is 2. The van der Waals surface area contributed by atoms with E-state index in [4.69, 9.17) is 11.6 Å². The number of benzene rings is 1. The van der Waals surface area contributed by atoms with Crippen molar-refractivity contribution in [3.8, 4) is 0 Å². The SMILES string of the molecule is CCCCCCc1nc2cc(Cl)cc3c2n(c1=O)CCC31NC(=O)NC1=O. The summed E-state index contributed by atoms with van der Waals surface area (Å²) in [5.41, 5.74) is 0.893. The highest BCUT2D eigenvalue weighted by molar-refractivity contribution is 6.31. The number of carbonyl (C=O) groups excluding carboxylic acids is 2. The minimum Gasteiger partial charge on any atom is -0.319 e. The fourth-order valence-electron chi connectivity index (χ4n) is 4.10. The number of unbranched alkanes of at least 4 members (excludes halogenated alkanes) is 3. The second-order valence-electron chi connectivity index (χ2n) is 7.21. The minimum atomic E-state index is -1.20. The molecule has 0 aliphatic carbocycles. The molecule has 1 fully saturated rings. The molecule has 1 spiro atoms. The summed E-state index contributed by atoms with van der Waals surface area (Å²) in [6.07, 6.45) is 5.16. The van der Waals surface area contributed by atoms with E-state index < -0.39 is 17.5 Å². The van der Waals surface area contributed by atoms with Crippen LogP contribution >= 0.6 is 11.6 Å². The number of imide groups is 1. The Hall–Kier alpha value is -2.41. The van der Waals surface area contributed by atoms with E-state index in [2.05, 4.69) is 22.5 Å². The maximum Gasteiger partial charge on any atom is 0.322 e. The molecular weight excluding hydrogens is 368 g/mol. The van der Waals surface area contributed by atoms with Gasteiger partial charge in [-0.1, -0.05) is 37.8 Å². The third kappa shape index (κ3) is 2.81. The normalized spacial score (nSPS) is 21.0. The summed E-state index contributed by atoms with van der Waals surface area (Å²) in [5, 5.41) is 5.44. The highest BCUT2D eigenvalue weighted by Crippen LogP contribution is 2.39. The topological polar surface area (TPSA) is 93.1 Å². The molecule has 1 atom stereocenters. The lowest BCUT2D eigenvalue weighted by Gasteiger charge is -2.33. The second-order valence-corrected chi connectivity index (χ2v) is 7.65. The number of amides is 3. The lowest BCUT2D eigenvalue weighted by molar-refractivity contribution is -0.124. The summed E-state index contributed by atoms with van der Waals surface area (Å²) in [5.74, 6) is -0.418. The van der Waals surface area contributed by atoms with Crippen molar-refractivity contribution in [3.05, 3.63) is 38.8 Å². The fraction of sp³-hybridized carbons (Fsp3) is 0.474. The standard InChI is InChI=1S/C19H21ClN4O3/c1-2-3-4-5-6-13-16(25)24-8-7-19(17(26)22-18(27)23-19)12-9-11(20)10-14(21-13)15(12)24/h9-10H,2-8H2,1H3,(H2,22,23,26,27). The van der Waals surface area contributed by atoms with Crippen molar-refractivity contribution in [2.24, 2.45) is 0 Å². The molecule has 3 heterocycles. The van der Waals surface area contributed by atoms with Crippen LogP contribution in [0.25, 0.3) is 11.0 Å². The van der Waals surface area contributed by atoms with Gasteiger partial charge in [-0.3, -0.25) is 14.9 Å². The van der Waals surface area contributed by atoms with Crippen LogP contribution in [0.15, 0.2) is 16.9 Å². The number of aromatic nitrogens is 2. The van der Waals surface area contributed by atoms with Crippen molar-refractivity contribution >= 4 is 34.6 Å². The van der Waals surface area contributed by atoms with Gasteiger partial charge in [0.25, 0.3) is 11.5 Å². The van der Waals surface area contributed by atoms with E-state index in [0.29, 0.717) is 46.7 Å². The molecule has 7 nitrogen and oxygen atoms in total. The van der Waals surface area contributed by atoms with E-state index in [-0.39, 0.29) is 5.56 Å². The minimum absolute atomic E-state index is 0.123. The van der Waals surface area contributed by atoms with Crippen molar-refractivity contribution < 1.29 is 9.59 Å². The fourth-order valence-corrected chi connectivity index (χ4v) is 4.31. The van der Waals surface area contributed by atoms with Crippen molar-refractivity contribution in [2.75, 3.05) is 0 Å². The number of nitrogens with one attached hydrogen (secondary N) is 2. The van der Waals surface area contributed by atoms with Crippen molar-refractivity contribution in [3.63, 3.8) is 0 Å². The summed E-state index contributed by atoms with van der Waals surface area (Å²) >= 11 is 6.29. The van der Waals surface area contributed by atoms with Gasteiger partial charge in [0.2, 0.25) is 0 Å². The van der Waals surface area contributed by atoms with Crippen LogP contribution in [0.4, 0.5) is 4.79 Å². The van der Waals surface area contributed by atoms with Gasteiger partial charge in [0.15, 0.2) is 0 Å². The largest absolute Gasteiger partial charge is 0.322 e. The Labute approximate surface area is 161 Å². The number of halogens is 1. The highest BCUT2D eigenvalue weighted by Gasteiger charge is 2.50. The molecule has 142 valence electrons. The van der Waals surface area contributed by atoms with E-state index >= 15 is 0 Å². The van der Waals surface area contributed by atoms with E-state index in [1.54, 1.807) is 16.7 Å². The van der Waals surface area contributed by atoms with Crippen LogP contribution in [0.5, 0.6) is 0 Å². The van der Waals surface area contributed by atoms with Gasteiger partial charge in [0, 0.05) is 23.6 Å². The van der Waals surface area contributed by atoms with Crippen LogP contribution in [0.3, 0.4) is 0 Å². The zero-order valence-corrected chi connectivity index (χ0v) is 15.9. The zero-order chi connectivity index (χ0) is 19.2. The number of hydrogen-bond donors (Lipinski definition) is 2. The van der Waals surface area contributed by atoms with Gasteiger partial charge < -0.3 is 9.88 Å². The van der Waals surface area contributed by atoms with Gasteiger partial charge >= 0.3 is 6.03 Å². The Balaban J connectivity index is 1.86. The summed E-state index contributed by atoms with van der Waals surface area (Å²) in [6, 6.07) is 2.82. The van der Waals surface area contributed by atoms with Crippen LogP contribution in [-0.4, -0.2) is 21.5 Å². The Morgan fingerprint density at radius 2 is 2.04 bits per heavy atom. The molecule has 8 heteroatoms. The van der Waals surface area contributed by atoms with Crippen LogP contribution in [0, 0.1) is 0 Å². The Kier molecular flexibility index (Phi) is 4.42. The maximum atomic E-state index is 13.0. The lowest BCUT2D eigenvalue weighted by atomic mass is 9.83. The number of fused-ring (bicyclic) bond motifs is 1. The first-order valence-corrected chi connectivity index (χ1v) is 9.71. The smallest absolute Gasteiger partial charge is 0.319 e. The molecule has 2 aromatic rings. The van der Waals surface area contributed by atoms with Crippen molar-refractivity contribution in [1.29, 1.82) is 0 Å². The van der Waals surface area contributed by atoms with Gasteiger partial charge in [-0.2, -0.15) is 0 Å². The van der Waals surface area contributed by atoms with E-state index in [1.807, 2.05) is 0 Å². The zero-order valence-electron chi connectivity index (χ0n) is 15.1. The Bertz CT molecular complexity index is 1020. The quantitative estimate of drug-likeness (QED) is 0.608. The van der Waals surface area contributed by atoms with Crippen LogP contribution < -0.4 is 16.2 Å². The third-order valence-corrected chi connectivity index (χ3v) is 5.67. The third-order valence-electron chi connectivity index (χ3n) is 5.45. The summed E-state index contributed by atoms with van der Waals surface area (Å²) in [7, 11) is 0. The lowest BCUT2D eigenvalue weighted by Crippen LogP contribution is -2.48. The summed E-state index contributed by atoms with van der Waals surface area (Å²) in [6.45, 7) is 2.48. The van der Waals surface area contributed by atoms with Gasteiger partial charge in [-0.15, -0.1) is 0 Å². The van der Waals surface area contributed by atoms with Crippen LogP contribution in [0.1, 0.15) is 50.3 Å². The molecule has 2 N–H and O–H groups in total. The average molecular weight is 389 g/mol. The molecule has 0 saturated carbocycles. The maximum absolute atomic E-state index is 13.0. The van der Waals surface area contributed by atoms with Gasteiger partial charge in [0.1, 0.15) is 11.2 Å². The molecule has 2 aliphatic rings. The average Bonchev–Trinajstić information content (AvgIpc) is 2.91. The van der Waals surface area contributed by atoms with E-state index in [9.17, 15) is 14.4 Å². The van der Waals surface area contributed by atoms with E-state index in [0.717, 1.165) is 25.7 Å². The number of rotatable bonds is 5. The first kappa shape index (κ1) is 18.0. The molecule has 2 aliphatic heterocycles. The highest BCUT2D eigenvalue weighted by atomic mass is 35.5. The molecule has 1 unspecified atom stereocenters. The predicted molar refractivity (Wildman–Crippen MR) is 102 cm³/mol. The first-order valence-electron chi connectivity index (χ1n) is 9.33. The van der Waals surface area contributed by atoms with Gasteiger partial charge in [0.05, 0.1) is 11.0 Å². The molecule has 4 rings (SSSR count). The van der Waals surface area contributed by atoms with E-state index in [1.165, 1.54) is 0 Å².